The van der Waals surface area contributed by atoms with Gasteiger partial charge in [0, 0.05) is 37.3 Å². The molecule has 7 nitrogen and oxygen atoms in total. The van der Waals surface area contributed by atoms with Crippen molar-refractivity contribution in [2.45, 2.75) is 19.8 Å². The molecule has 1 saturated heterocycles. The highest BCUT2D eigenvalue weighted by molar-refractivity contribution is 7.22. The summed E-state index contributed by atoms with van der Waals surface area (Å²) in [5.74, 6) is -0.273. The van der Waals surface area contributed by atoms with Crippen molar-refractivity contribution in [2.24, 2.45) is 0 Å². The number of carbonyl (C=O) groups is 3. The molecule has 0 bridgehead atoms. The highest BCUT2D eigenvalue weighted by Gasteiger charge is 2.21. The van der Waals surface area contributed by atoms with E-state index >= 15 is 0 Å². The standard InChI is InChI=1S/C22H20N4O3S/c1-14(27)23-16-7-10-18-19(13-16)30-22(24-18)25-20(28)11-6-15-4-8-17(9-5-15)26-12-2-3-21(26)29/h4-11,13H,2-3,12H2,1H3,(H,23,27)(H,24,25,28)/b11-6+. The number of hydrogen-bond acceptors (Lipinski definition) is 5. The third-order valence-corrected chi connectivity index (χ3v) is 5.58. The van der Waals surface area contributed by atoms with Gasteiger partial charge in [-0.3, -0.25) is 19.7 Å². The fraction of sp³-hybridized carbons (Fsp3) is 0.182. The molecule has 1 fully saturated rings. The number of amides is 3. The van der Waals surface area contributed by atoms with Crippen LogP contribution in [0.2, 0.25) is 0 Å². The molecule has 1 aliphatic heterocycles. The highest BCUT2D eigenvalue weighted by Crippen LogP contribution is 2.28. The Bertz CT molecular complexity index is 1150. The minimum Gasteiger partial charge on any atom is -0.326 e. The summed E-state index contributed by atoms with van der Waals surface area (Å²) < 4.78 is 0.868. The summed E-state index contributed by atoms with van der Waals surface area (Å²) in [6, 6.07) is 12.9. The number of carbonyl (C=O) groups excluding carboxylic acids is 3. The van der Waals surface area contributed by atoms with Crippen molar-refractivity contribution >= 4 is 61.9 Å². The molecule has 0 atom stereocenters. The number of thiazole rings is 1. The zero-order valence-electron chi connectivity index (χ0n) is 16.3. The van der Waals surface area contributed by atoms with Gasteiger partial charge in [-0.15, -0.1) is 0 Å². The van der Waals surface area contributed by atoms with Crippen molar-refractivity contribution in [3.8, 4) is 0 Å². The number of fused-ring (bicyclic) bond motifs is 1. The molecule has 0 radical (unpaired) electrons. The maximum absolute atomic E-state index is 12.3. The van der Waals surface area contributed by atoms with E-state index in [1.54, 1.807) is 23.1 Å². The molecule has 3 amide bonds. The fourth-order valence-corrected chi connectivity index (χ4v) is 4.17. The van der Waals surface area contributed by atoms with Gasteiger partial charge in [-0.05, 0) is 48.4 Å². The van der Waals surface area contributed by atoms with Gasteiger partial charge in [0.2, 0.25) is 17.7 Å². The molecule has 2 N–H and O–H groups in total. The average Bonchev–Trinajstić information content (AvgIpc) is 3.31. The van der Waals surface area contributed by atoms with Crippen LogP contribution in [0.3, 0.4) is 0 Å². The first-order valence-corrected chi connectivity index (χ1v) is 10.4. The van der Waals surface area contributed by atoms with Crippen LogP contribution in [0.4, 0.5) is 16.5 Å². The Hall–Kier alpha value is -3.52. The second kappa shape index (κ2) is 8.46. The van der Waals surface area contributed by atoms with Gasteiger partial charge in [-0.25, -0.2) is 4.98 Å². The number of hydrogen-bond donors (Lipinski definition) is 2. The Balaban J connectivity index is 1.39. The van der Waals surface area contributed by atoms with Crippen LogP contribution < -0.4 is 15.5 Å². The number of rotatable bonds is 5. The molecular weight excluding hydrogens is 400 g/mol. The third kappa shape index (κ3) is 4.55. The fourth-order valence-electron chi connectivity index (χ4n) is 3.26. The first-order valence-electron chi connectivity index (χ1n) is 9.55. The molecule has 0 saturated carbocycles. The molecule has 2 heterocycles. The van der Waals surface area contributed by atoms with Crippen molar-refractivity contribution < 1.29 is 14.4 Å². The quantitative estimate of drug-likeness (QED) is 0.610. The summed E-state index contributed by atoms with van der Waals surface area (Å²) in [5.41, 5.74) is 3.19. The first-order chi connectivity index (χ1) is 14.5. The zero-order chi connectivity index (χ0) is 21.1. The molecule has 1 aromatic heterocycles. The Morgan fingerprint density at radius 2 is 1.93 bits per heavy atom. The van der Waals surface area contributed by atoms with Gasteiger partial charge >= 0.3 is 0 Å². The predicted octanol–water partition coefficient (Wildman–Crippen LogP) is 4.03. The molecule has 30 heavy (non-hydrogen) atoms. The Morgan fingerprint density at radius 1 is 1.13 bits per heavy atom. The molecule has 3 aromatic rings. The Morgan fingerprint density at radius 3 is 2.63 bits per heavy atom. The normalized spacial score (nSPS) is 13.9. The zero-order valence-corrected chi connectivity index (χ0v) is 17.2. The van der Waals surface area contributed by atoms with E-state index in [0.29, 0.717) is 17.2 Å². The van der Waals surface area contributed by atoms with E-state index < -0.39 is 0 Å². The van der Waals surface area contributed by atoms with Crippen molar-refractivity contribution in [1.29, 1.82) is 0 Å². The second-order valence-electron chi connectivity index (χ2n) is 6.95. The summed E-state index contributed by atoms with van der Waals surface area (Å²) in [6.07, 6.45) is 4.65. The highest BCUT2D eigenvalue weighted by atomic mass is 32.1. The van der Waals surface area contributed by atoms with Crippen LogP contribution in [-0.2, 0) is 14.4 Å². The van der Waals surface area contributed by atoms with Gasteiger partial charge in [0.1, 0.15) is 0 Å². The van der Waals surface area contributed by atoms with Gasteiger partial charge in [-0.1, -0.05) is 23.5 Å². The van der Waals surface area contributed by atoms with E-state index in [2.05, 4.69) is 15.6 Å². The Kier molecular flexibility index (Phi) is 5.58. The number of anilines is 3. The number of nitrogens with zero attached hydrogens (tertiary/aromatic N) is 2. The molecule has 4 rings (SSSR count). The molecule has 8 heteroatoms. The topological polar surface area (TPSA) is 91.4 Å². The van der Waals surface area contributed by atoms with Crippen LogP contribution in [0.5, 0.6) is 0 Å². The SMILES string of the molecule is CC(=O)Nc1ccc2nc(NC(=O)/C=C/c3ccc(N4CCCC4=O)cc3)sc2c1. The summed E-state index contributed by atoms with van der Waals surface area (Å²) in [7, 11) is 0. The van der Waals surface area contributed by atoms with Crippen LogP contribution in [0.25, 0.3) is 16.3 Å². The van der Waals surface area contributed by atoms with Gasteiger partial charge < -0.3 is 10.2 Å². The molecule has 0 aliphatic carbocycles. The van der Waals surface area contributed by atoms with Gasteiger partial charge in [-0.2, -0.15) is 0 Å². The van der Waals surface area contributed by atoms with Crippen molar-refractivity contribution in [3.05, 3.63) is 54.1 Å². The largest absolute Gasteiger partial charge is 0.326 e. The average molecular weight is 420 g/mol. The molecule has 0 spiro atoms. The lowest BCUT2D eigenvalue weighted by Gasteiger charge is -2.15. The predicted molar refractivity (Wildman–Crippen MR) is 120 cm³/mol. The monoisotopic (exact) mass is 420 g/mol. The summed E-state index contributed by atoms with van der Waals surface area (Å²) >= 11 is 1.34. The lowest BCUT2D eigenvalue weighted by atomic mass is 10.2. The lowest BCUT2D eigenvalue weighted by Crippen LogP contribution is -2.23. The maximum atomic E-state index is 12.3. The molecule has 2 aromatic carbocycles. The first kappa shape index (κ1) is 19.8. The molecular formula is C22H20N4O3S. The van der Waals surface area contributed by atoms with E-state index in [-0.39, 0.29) is 17.7 Å². The van der Waals surface area contributed by atoms with E-state index in [9.17, 15) is 14.4 Å². The van der Waals surface area contributed by atoms with E-state index in [1.807, 2.05) is 30.3 Å². The minimum absolute atomic E-state index is 0.141. The van der Waals surface area contributed by atoms with Crippen molar-refractivity contribution in [2.75, 3.05) is 22.1 Å². The van der Waals surface area contributed by atoms with Crippen LogP contribution in [-0.4, -0.2) is 29.3 Å². The molecule has 0 unspecified atom stereocenters. The van der Waals surface area contributed by atoms with Gasteiger partial charge in [0.15, 0.2) is 5.13 Å². The van der Waals surface area contributed by atoms with E-state index in [1.165, 1.54) is 24.3 Å². The Labute approximate surface area is 177 Å². The van der Waals surface area contributed by atoms with Crippen LogP contribution in [0.15, 0.2) is 48.5 Å². The van der Waals surface area contributed by atoms with Gasteiger partial charge in [0.25, 0.3) is 0 Å². The number of nitrogens with one attached hydrogen (secondary N) is 2. The van der Waals surface area contributed by atoms with Crippen LogP contribution in [0, 0.1) is 0 Å². The summed E-state index contributed by atoms with van der Waals surface area (Å²) in [6.45, 7) is 2.21. The third-order valence-electron chi connectivity index (χ3n) is 4.64. The van der Waals surface area contributed by atoms with Crippen molar-refractivity contribution in [1.82, 2.24) is 4.98 Å². The number of benzene rings is 2. The lowest BCUT2D eigenvalue weighted by molar-refractivity contribution is -0.117. The van der Waals surface area contributed by atoms with E-state index in [0.717, 1.165) is 34.4 Å². The number of aromatic nitrogens is 1. The molecule has 1 aliphatic rings. The van der Waals surface area contributed by atoms with E-state index in [4.69, 9.17) is 0 Å². The van der Waals surface area contributed by atoms with Crippen molar-refractivity contribution in [3.63, 3.8) is 0 Å². The maximum Gasteiger partial charge on any atom is 0.250 e. The minimum atomic E-state index is -0.282. The van der Waals surface area contributed by atoms with Crippen LogP contribution >= 0.6 is 11.3 Å². The second-order valence-corrected chi connectivity index (χ2v) is 7.98. The van der Waals surface area contributed by atoms with Gasteiger partial charge in [0.05, 0.1) is 10.2 Å². The molecule has 152 valence electrons. The smallest absolute Gasteiger partial charge is 0.250 e. The summed E-state index contributed by atoms with van der Waals surface area (Å²) in [5, 5.41) is 5.98. The van der Waals surface area contributed by atoms with Crippen LogP contribution in [0.1, 0.15) is 25.3 Å². The summed E-state index contributed by atoms with van der Waals surface area (Å²) in [4.78, 5) is 41.4.